The second kappa shape index (κ2) is 6.02. The van der Waals surface area contributed by atoms with E-state index in [2.05, 4.69) is 29.4 Å². The summed E-state index contributed by atoms with van der Waals surface area (Å²) in [4.78, 5) is 13.9. The standard InChI is InChI=1S/C10H19N3OS/c1-8(13-4-2-3-5-13)7-12-10(14)6-9(11)15/h8H,2-7H2,1H3,(H2,11,15)(H,12,14). The third-order valence-electron chi connectivity index (χ3n) is 2.69. The highest BCUT2D eigenvalue weighted by molar-refractivity contribution is 7.80. The summed E-state index contributed by atoms with van der Waals surface area (Å²) in [5, 5.41) is 2.84. The van der Waals surface area contributed by atoms with E-state index in [9.17, 15) is 4.79 Å². The fourth-order valence-electron chi connectivity index (χ4n) is 1.79. The monoisotopic (exact) mass is 229 g/mol. The molecule has 1 atom stereocenters. The highest BCUT2D eigenvalue weighted by atomic mass is 32.1. The van der Waals surface area contributed by atoms with Gasteiger partial charge in [-0.2, -0.15) is 0 Å². The number of hydrogen-bond donors (Lipinski definition) is 2. The van der Waals surface area contributed by atoms with Crippen molar-refractivity contribution >= 4 is 23.1 Å². The van der Waals surface area contributed by atoms with Crippen molar-refractivity contribution in [2.45, 2.75) is 32.2 Å². The van der Waals surface area contributed by atoms with Crippen LogP contribution in [-0.4, -0.2) is 41.5 Å². The molecular formula is C10H19N3OS. The molecular weight excluding hydrogens is 210 g/mol. The molecule has 0 bridgehead atoms. The van der Waals surface area contributed by atoms with Gasteiger partial charge in [0.15, 0.2) is 0 Å². The van der Waals surface area contributed by atoms with E-state index in [1.54, 1.807) is 0 Å². The Hall–Kier alpha value is -0.680. The average molecular weight is 229 g/mol. The molecule has 1 saturated heterocycles. The Morgan fingerprint density at radius 1 is 1.53 bits per heavy atom. The van der Waals surface area contributed by atoms with Gasteiger partial charge in [-0.05, 0) is 32.9 Å². The number of carbonyl (C=O) groups is 1. The van der Waals surface area contributed by atoms with Crippen LogP contribution in [0.5, 0.6) is 0 Å². The smallest absolute Gasteiger partial charge is 0.226 e. The van der Waals surface area contributed by atoms with E-state index in [-0.39, 0.29) is 17.3 Å². The fraction of sp³-hybridized carbons (Fsp3) is 0.800. The number of likely N-dealkylation sites (tertiary alicyclic amines) is 1. The summed E-state index contributed by atoms with van der Waals surface area (Å²) in [6.45, 7) is 5.10. The molecule has 0 spiro atoms. The summed E-state index contributed by atoms with van der Waals surface area (Å²) in [7, 11) is 0. The molecule has 1 amide bonds. The van der Waals surface area contributed by atoms with Crippen molar-refractivity contribution in [1.29, 1.82) is 0 Å². The maximum atomic E-state index is 11.3. The van der Waals surface area contributed by atoms with Crippen molar-refractivity contribution in [3.05, 3.63) is 0 Å². The maximum Gasteiger partial charge on any atom is 0.226 e. The summed E-state index contributed by atoms with van der Waals surface area (Å²) >= 11 is 4.67. The van der Waals surface area contributed by atoms with Gasteiger partial charge < -0.3 is 11.1 Å². The van der Waals surface area contributed by atoms with Crippen molar-refractivity contribution in [2.24, 2.45) is 5.73 Å². The first-order chi connectivity index (χ1) is 7.09. The number of carbonyl (C=O) groups excluding carboxylic acids is 1. The van der Waals surface area contributed by atoms with Crippen molar-refractivity contribution in [2.75, 3.05) is 19.6 Å². The first-order valence-corrected chi connectivity index (χ1v) is 5.79. The molecule has 0 aliphatic carbocycles. The third-order valence-corrected chi connectivity index (χ3v) is 2.84. The van der Waals surface area contributed by atoms with E-state index in [1.165, 1.54) is 12.8 Å². The van der Waals surface area contributed by atoms with Gasteiger partial charge in [-0.1, -0.05) is 12.2 Å². The van der Waals surface area contributed by atoms with Gasteiger partial charge in [0.25, 0.3) is 0 Å². The average Bonchev–Trinajstić information content (AvgIpc) is 2.65. The SMILES string of the molecule is CC(CNC(=O)CC(N)=S)N1CCCC1. The Bertz CT molecular complexity index is 239. The lowest BCUT2D eigenvalue weighted by Crippen LogP contribution is -2.41. The minimum Gasteiger partial charge on any atom is -0.393 e. The van der Waals surface area contributed by atoms with Crippen LogP contribution in [0.3, 0.4) is 0 Å². The molecule has 0 aromatic carbocycles. The summed E-state index contributed by atoms with van der Waals surface area (Å²) in [6, 6.07) is 0.405. The van der Waals surface area contributed by atoms with Crippen molar-refractivity contribution in [3.8, 4) is 0 Å². The van der Waals surface area contributed by atoms with Crippen molar-refractivity contribution < 1.29 is 4.79 Å². The van der Waals surface area contributed by atoms with Gasteiger partial charge in [-0.25, -0.2) is 0 Å². The van der Waals surface area contributed by atoms with E-state index in [0.29, 0.717) is 12.6 Å². The summed E-state index contributed by atoms with van der Waals surface area (Å²) in [5.74, 6) is -0.0754. The second-order valence-corrected chi connectivity index (χ2v) is 4.56. The molecule has 0 aromatic rings. The molecule has 15 heavy (non-hydrogen) atoms. The minimum absolute atomic E-state index is 0.0754. The van der Waals surface area contributed by atoms with Crippen LogP contribution in [0.15, 0.2) is 0 Å². The molecule has 4 nitrogen and oxygen atoms in total. The predicted molar refractivity (Wildman–Crippen MR) is 64.7 cm³/mol. The molecule has 0 radical (unpaired) electrons. The van der Waals surface area contributed by atoms with Crippen LogP contribution >= 0.6 is 12.2 Å². The summed E-state index contributed by atoms with van der Waals surface area (Å²) in [5.41, 5.74) is 5.28. The van der Waals surface area contributed by atoms with Crippen LogP contribution in [0.4, 0.5) is 0 Å². The molecule has 5 heteroatoms. The lowest BCUT2D eigenvalue weighted by molar-refractivity contribution is -0.120. The maximum absolute atomic E-state index is 11.3. The molecule has 1 unspecified atom stereocenters. The van der Waals surface area contributed by atoms with Gasteiger partial charge in [0.05, 0.1) is 11.4 Å². The van der Waals surface area contributed by atoms with Crippen LogP contribution in [0.1, 0.15) is 26.2 Å². The lowest BCUT2D eigenvalue weighted by Gasteiger charge is -2.23. The van der Waals surface area contributed by atoms with Crippen LogP contribution in [0.25, 0.3) is 0 Å². The highest BCUT2D eigenvalue weighted by Crippen LogP contribution is 2.10. The number of rotatable bonds is 5. The van der Waals surface area contributed by atoms with Gasteiger partial charge in [0, 0.05) is 12.6 Å². The van der Waals surface area contributed by atoms with Gasteiger partial charge in [-0.3, -0.25) is 9.69 Å². The zero-order valence-corrected chi connectivity index (χ0v) is 9.98. The van der Waals surface area contributed by atoms with Crippen LogP contribution < -0.4 is 11.1 Å². The zero-order chi connectivity index (χ0) is 11.3. The van der Waals surface area contributed by atoms with Gasteiger partial charge in [0.2, 0.25) is 5.91 Å². The topological polar surface area (TPSA) is 58.4 Å². The van der Waals surface area contributed by atoms with E-state index in [1.807, 2.05) is 0 Å². The van der Waals surface area contributed by atoms with Gasteiger partial charge >= 0.3 is 0 Å². The van der Waals surface area contributed by atoms with Gasteiger partial charge in [0.1, 0.15) is 0 Å². The first kappa shape index (κ1) is 12.4. The van der Waals surface area contributed by atoms with Crippen LogP contribution in [0.2, 0.25) is 0 Å². The van der Waals surface area contributed by atoms with Crippen molar-refractivity contribution in [3.63, 3.8) is 0 Å². The Morgan fingerprint density at radius 3 is 2.67 bits per heavy atom. The Morgan fingerprint density at radius 2 is 2.13 bits per heavy atom. The third kappa shape index (κ3) is 4.57. The molecule has 0 saturated carbocycles. The predicted octanol–water partition coefficient (Wildman–Crippen LogP) is 0.263. The normalized spacial score (nSPS) is 18.7. The Balaban J connectivity index is 2.18. The Kier molecular flexibility index (Phi) is 4.98. The molecule has 1 fully saturated rings. The number of nitrogens with zero attached hydrogens (tertiary/aromatic N) is 1. The number of thiocarbonyl (C=S) groups is 1. The molecule has 1 rings (SSSR count). The molecule has 86 valence electrons. The number of nitrogens with two attached hydrogens (primary N) is 1. The van der Waals surface area contributed by atoms with Gasteiger partial charge in [-0.15, -0.1) is 0 Å². The van der Waals surface area contributed by atoms with Crippen LogP contribution in [0, 0.1) is 0 Å². The molecule has 1 aliphatic rings. The van der Waals surface area contributed by atoms with E-state index in [0.717, 1.165) is 13.1 Å². The first-order valence-electron chi connectivity index (χ1n) is 5.38. The van der Waals surface area contributed by atoms with Crippen LogP contribution in [-0.2, 0) is 4.79 Å². The fourth-order valence-corrected chi connectivity index (χ4v) is 1.92. The summed E-state index contributed by atoms with van der Waals surface area (Å²) < 4.78 is 0. The number of amides is 1. The molecule has 3 N–H and O–H groups in total. The second-order valence-electron chi connectivity index (χ2n) is 4.04. The van der Waals surface area contributed by atoms with E-state index in [4.69, 9.17) is 5.73 Å². The number of hydrogen-bond acceptors (Lipinski definition) is 3. The Labute approximate surface area is 96.2 Å². The largest absolute Gasteiger partial charge is 0.393 e. The quantitative estimate of drug-likeness (QED) is 0.664. The minimum atomic E-state index is -0.0754. The van der Waals surface area contributed by atoms with Crippen molar-refractivity contribution in [1.82, 2.24) is 10.2 Å². The lowest BCUT2D eigenvalue weighted by atomic mass is 10.3. The molecule has 1 heterocycles. The summed E-state index contributed by atoms with van der Waals surface area (Å²) in [6.07, 6.45) is 2.69. The van der Waals surface area contributed by atoms with E-state index >= 15 is 0 Å². The molecule has 0 aromatic heterocycles. The highest BCUT2D eigenvalue weighted by Gasteiger charge is 2.18. The molecule has 1 aliphatic heterocycles. The number of nitrogens with one attached hydrogen (secondary N) is 1. The van der Waals surface area contributed by atoms with E-state index < -0.39 is 0 Å². The zero-order valence-electron chi connectivity index (χ0n) is 9.16.